The van der Waals surface area contributed by atoms with Gasteiger partial charge in [0.1, 0.15) is 0 Å². The molecule has 1 aromatic heterocycles. The van der Waals surface area contributed by atoms with Crippen molar-refractivity contribution in [2.45, 2.75) is 25.4 Å². The Bertz CT molecular complexity index is 621. The Kier molecular flexibility index (Phi) is 3.36. The topological polar surface area (TPSA) is 66.6 Å². The van der Waals surface area contributed by atoms with Crippen LogP contribution in [0.25, 0.3) is 0 Å². The first-order chi connectivity index (χ1) is 9.66. The van der Waals surface area contributed by atoms with E-state index in [1.807, 2.05) is 12.1 Å². The molecule has 1 fully saturated rings. The zero-order chi connectivity index (χ0) is 14.1. The Hall–Kier alpha value is -2.01. The third-order valence-corrected chi connectivity index (χ3v) is 4.38. The Morgan fingerprint density at radius 2 is 2.15 bits per heavy atom. The maximum Gasteiger partial charge on any atom is 0.337 e. The predicted octanol–water partition coefficient (Wildman–Crippen LogP) is 3.20. The van der Waals surface area contributed by atoms with Crippen molar-refractivity contribution < 1.29 is 9.90 Å². The number of rotatable bonds is 5. The van der Waals surface area contributed by atoms with Crippen LogP contribution in [0, 0.1) is 0 Å². The lowest BCUT2D eigenvalue weighted by molar-refractivity contribution is 0.0698. The Morgan fingerprint density at radius 3 is 2.75 bits per heavy atom. The molecular formula is C15H16N2O2S. The molecule has 0 radical (unpaired) electrons. The van der Waals surface area contributed by atoms with Crippen molar-refractivity contribution in [2.24, 2.45) is 0 Å². The van der Waals surface area contributed by atoms with Gasteiger partial charge in [-0.25, -0.2) is 4.79 Å². The van der Waals surface area contributed by atoms with Crippen LogP contribution in [0.15, 0.2) is 35.7 Å². The quantitative estimate of drug-likeness (QED) is 0.829. The minimum atomic E-state index is -0.976. The average Bonchev–Trinajstić information content (AvgIpc) is 3.14. The number of nitrogens with zero attached hydrogens (tertiary/aromatic N) is 1. The van der Waals surface area contributed by atoms with Gasteiger partial charge in [-0.2, -0.15) is 0 Å². The number of hydrogen-bond donors (Lipinski definition) is 2. The summed E-state index contributed by atoms with van der Waals surface area (Å²) in [4.78, 5) is 14.7. The molecule has 0 bridgehead atoms. The smallest absolute Gasteiger partial charge is 0.337 e. The van der Waals surface area contributed by atoms with Gasteiger partial charge in [0.25, 0.3) is 0 Å². The van der Waals surface area contributed by atoms with Gasteiger partial charge < -0.3 is 15.7 Å². The van der Waals surface area contributed by atoms with Gasteiger partial charge in [-0.05, 0) is 36.4 Å². The van der Waals surface area contributed by atoms with Crippen LogP contribution in [0.2, 0.25) is 0 Å². The van der Waals surface area contributed by atoms with Crippen molar-refractivity contribution in [3.8, 4) is 0 Å². The van der Waals surface area contributed by atoms with Gasteiger partial charge in [0.15, 0.2) is 0 Å². The van der Waals surface area contributed by atoms with Crippen molar-refractivity contribution in [3.05, 3.63) is 46.2 Å². The highest BCUT2D eigenvalue weighted by Gasteiger charge is 2.31. The maximum atomic E-state index is 11.2. The Balaban J connectivity index is 1.95. The number of para-hydroxylation sites is 1. The van der Waals surface area contributed by atoms with E-state index in [1.165, 1.54) is 4.88 Å². The van der Waals surface area contributed by atoms with Gasteiger partial charge in [0.2, 0.25) is 0 Å². The minimum Gasteiger partial charge on any atom is -0.478 e. The fourth-order valence-corrected chi connectivity index (χ4v) is 3.06. The number of carbonyl (C=O) groups is 1. The molecule has 0 unspecified atom stereocenters. The largest absolute Gasteiger partial charge is 0.478 e. The van der Waals surface area contributed by atoms with Crippen LogP contribution in [-0.2, 0) is 6.54 Å². The molecule has 0 spiro atoms. The van der Waals surface area contributed by atoms with Crippen LogP contribution < -0.4 is 10.6 Å². The van der Waals surface area contributed by atoms with E-state index in [0.717, 1.165) is 25.1 Å². The molecule has 1 heterocycles. The summed E-state index contributed by atoms with van der Waals surface area (Å²) in [5.74, 6) is -0.976. The lowest BCUT2D eigenvalue weighted by atomic mass is 10.1. The summed E-state index contributed by atoms with van der Waals surface area (Å²) < 4.78 is 0. The third-order valence-electron chi connectivity index (χ3n) is 3.52. The number of anilines is 2. The number of thiophene rings is 1. The molecule has 5 heteroatoms. The SMILES string of the molecule is Nc1c(C(=O)O)cccc1N(Cc1cccs1)C1CC1. The predicted molar refractivity (Wildman–Crippen MR) is 81.3 cm³/mol. The second-order valence-electron chi connectivity index (χ2n) is 4.98. The molecule has 2 aromatic rings. The number of aromatic carboxylic acids is 1. The van der Waals surface area contributed by atoms with Gasteiger partial charge >= 0.3 is 5.97 Å². The molecule has 20 heavy (non-hydrogen) atoms. The van der Waals surface area contributed by atoms with Gasteiger partial charge in [0, 0.05) is 10.9 Å². The molecule has 0 saturated heterocycles. The summed E-state index contributed by atoms with van der Waals surface area (Å²) in [6.45, 7) is 0.787. The van der Waals surface area contributed by atoms with Crippen LogP contribution in [0.1, 0.15) is 28.1 Å². The Morgan fingerprint density at radius 1 is 1.35 bits per heavy atom. The van der Waals surface area contributed by atoms with Gasteiger partial charge in [-0.15, -0.1) is 11.3 Å². The van der Waals surface area contributed by atoms with Crippen molar-refractivity contribution >= 4 is 28.7 Å². The fourth-order valence-electron chi connectivity index (χ4n) is 2.36. The minimum absolute atomic E-state index is 0.180. The van der Waals surface area contributed by atoms with Gasteiger partial charge in [-0.3, -0.25) is 0 Å². The molecule has 0 atom stereocenters. The molecule has 0 aliphatic heterocycles. The van der Waals surface area contributed by atoms with Gasteiger partial charge in [-0.1, -0.05) is 12.1 Å². The van der Waals surface area contributed by atoms with Crippen LogP contribution in [0.5, 0.6) is 0 Å². The maximum absolute atomic E-state index is 11.2. The number of carboxylic acid groups (broad SMARTS) is 1. The first kappa shape index (κ1) is 13.0. The molecular weight excluding hydrogens is 272 g/mol. The van der Waals surface area contributed by atoms with Crippen molar-refractivity contribution in [1.82, 2.24) is 0 Å². The number of benzene rings is 1. The lowest BCUT2D eigenvalue weighted by Crippen LogP contribution is -2.26. The highest BCUT2D eigenvalue weighted by Crippen LogP contribution is 2.37. The van der Waals surface area contributed by atoms with E-state index >= 15 is 0 Å². The summed E-state index contributed by atoms with van der Waals surface area (Å²) in [5, 5.41) is 11.2. The van der Waals surface area contributed by atoms with Crippen molar-refractivity contribution in [1.29, 1.82) is 0 Å². The second-order valence-corrected chi connectivity index (χ2v) is 6.01. The lowest BCUT2D eigenvalue weighted by Gasteiger charge is -2.26. The van der Waals surface area contributed by atoms with E-state index in [9.17, 15) is 9.90 Å². The van der Waals surface area contributed by atoms with Crippen molar-refractivity contribution in [2.75, 3.05) is 10.6 Å². The molecule has 1 saturated carbocycles. The first-order valence-corrected chi connectivity index (χ1v) is 7.45. The Labute approximate surface area is 121 Å². The van der Waals surface area contributed by atoms with E-state index in [0.29, 0.717) is 11.7 Å². The van der Waals surface area contributed by atoms with Crippen LogP contribution in [0.4, 0.5) is 11.4 Å². The van der Waals surface area contributed by atoms with Crippen LogP contribution in [0.3, 0.4) is 0 Å². The summed E-state index contributed by atoms with van der Waals surface area (Å²) in [7, 11) is 0. The van der Waals surface area contributed by atoms with E-state index in [4.69, 9.17) is 5.73 Å². The van der Waals surface area contributed by atoms with Crippen LogP contribution >= 0.6 is 11.3 Å². The van der Waals surface area contributed by atoms with E-state index < -0.39 is 5.97 Å². The van der Waals surface area contributed by atoms with E-state index in [2.05, 4.69) is 16.3 Å². The molecule has 4 nitrogen and oxygen atoms in total. The number of carboxylic acids is 1. The molecule has 104 valence electrons. The third kappa shape index (κ3) is 2.49. The zero-order valence-corrected chi connectivity index (χ0v) is 11.8. The van der Waals surface area contributed by atoms with Gasteiger partial charge in [0.05, 0.1) is 23.5 Å². The van der Waals surface area contributed by atoms with Crippen LogP contribution in [-0.4, -0.2) is 17.1 Å². The standard InChI is InChI=1S/C15H16N2O2S/c16-14-12(15(18)19)4-1-5-13(14)17(10-6-7-10)9-11-3-2-8-20-11/h1-5,8,10H,6-7,9,16H2,(H,18,19). The molecule has 3 N–H and O–H groups in total. The van der Waals surface area contributed by atoms with Crippen molar-refractivity contribution in [3.63, 3.8) is 0 Å². The molecule has 0 amide bonds. The normalized spacial score (nSPS) is 14.2. The molecule has 3 rings (SSSR count). The molecule has 1 aliphatic carbocycles. The highest BCUT2D eigenvalue weighted by atomic mass is 32.1. The van der Waals surface area contributed by atoms with E-state index in [-0.39, 0.29) is 5.56 Å². The zero-order valence-electron chi connectivity index (χ0n) is 11.0. The summed E-state index contributed by atoms with van der Waals surface area (Å²) in [5.41, 5.74) is 7.44. The monoisotopic (exact) mass is 288 g/mol. The number of nitrogen functional groups attached to an aromatic ring is 1. The number of hydrogen-bond acceptors (Lipinski definition) is 4. The number of nitrogens with two attached hydrogens (primary N) is 1. The fraction of sp³-hybridized carbons (Fsp3) is 0.267. The summed E-state index contributed by atoms with van der Waals surface area (Å²) in [6, 6.07) is 9.83. The summed E-state index contributed by atoms with van der Waals surface area (Å²) >= 11 is 1.71. The summed E-state index contributed by atoms with van der Waals surface area (Å²) in [6.07, 6.45) is 2.28. The first-order valence-electron chi connectivity index (χ1n) is 6.57. The molecule has 1 aromatic carbocycles. The second kappa shape index (κ2) is 5.17. The average molecular weight is 288 g/mol. The molecule has 1 aliphatic rings. The van der Waals surface area contributed by atoms with E-state index in [1.54, 1.807) is 23.5 Å². The highest BCUT2D eigenvalue weighted by molar-refractivity contribution is 7.09.